The Kier molecular flexibility index (Phi) is 5.22. The van der Waals surface area contributed by atoms with E-state index in [2.05, 4.69) is 21.2 Å². The molecular formula is C16H17BrN2O2. The number of nitrogens with two attached hydrogens (primary N) is 1. The summed E-state index contributed by atoms with van der Waals surface area (Å²) >= 11 is 3.32. The van der Waals surface area contributed by atoms with Gasteiger partial charge in [0.25, 0.3) is 0 Å². The van der Waals surface area contributed by atoms with E-state index in [-0.39, 0.29) is 12.3 Å². The number of carbonyl (C=O) groups excluding carboxylic acids is 1. The highest BCUT2D eigenvalue weighted by atomic mass is 79.9. The first kappa shape index (κ1) is 15.4. The number of anilines is 2. The number of hydrogen-bond donors (Lipinski definition) is 2. The number of halogens is 1. The third-order valence-electron chi connectivity index (χ3n) is 2.88. The largest absolute Gasteiger partial charge is 0.493 e. The number of carbonyl (C=O) groups is 1. The van der Waals surface area contributed by atoms with Crippen molar-refractivity contribution < 1.29 is 9.53 Å². The highest BCUT2D eigenvalue weighted by Crippen LogP contribution is 2.23. The summed E-state index contributed by atoms with van der Waals surface area (Å²) < 4.78 is 6.42. The second-order valence-corrected chi connectivity index (χ2v) is 5.61. The van der Waals surface area contributed by atoms with Crippen LogP contribution in [0.3, 0.4) is 0 Å². The van der Waals surface area contributed by atoms with Crippen LogP contribution in [0.2, 0.25) is 0 Å². The van der Waals surface area contributed by atoms with Gasteiger partial charge < -0.3 is 15.8 Å². The zero-order chi connectivity index (χ0) is 15.2. The van der Waals surface area contributed by atoms with Gasteiger partial charge in [0.1, 0.15) is 5.75 Å². The minimum Gasteiger partial charge on any atom is -0.493 e. The summed E-state index contributed by atoms with van der Waals surface area (Å²) in [5.41, 5.74) is 8.09. The molecular weight excluding hydrogens is 332 g/mol. The van der Waals surface area contributed by atoms with E-state index in [0.717, 1.165) is 15.8 Å². The van der Waals surface area contributed by atoms with Gasteiger partial charge >= 0.3 is 0 Å². The molecule has 21 heavy (non-hydrogen) atoms. The Morgan fingerprint density at radius 2 is 2.10 bits per heavy atom. The standard InChI is InChI=1S/C16H17BrN2O2/c1-11-3-2-4-13(9-11)21-8-7-16(20)19-15-6-5-12(17)10-14(15)18/h2-6,9-10H,7-8,18H2,1H3,(H,19,20). The third kappa shape index (κ3) is 4.79. The Morgan fingerprint density at radius 1 is 1.29 bits per heavy atom. The first-order valence-electron chi connectivity index (χ1n) is 6.59. The highest BCUT2D eigenvalue weighted by Gasteiger charge is 2.06. The predicted molar refractivity (Wildman–Crippen MR) is 88.5 cm³/mol. The van der Waals surface area contributed by atoms with Crippen molar-refractivity contribution in [1.29, 1.82) is 0 Å². The molecule has 1 amide bonds. The lowest BCUT2D eigenvalue weighted by Crippen LogP contribution is -2.16. The van der Waals surface area contributed by atoms with Crippen LogP contribution in [0.4, 0.5) is 11.4 Å². The third-order valence-corrected chi connectivity index (χ3v) is 3.37. The molecule has 2 aromatic carbocycles. The van der Waals surface area contributed by atoms with Crippen molar-refractivity contribution in [1.82, 2.24) is 0 Å². The lowest BCUT2D eigenvalue weighted by molar-refractivity contribution is -0.116. The quantitative estimate of drug-likeness (QED) is 0.808. The summed E-state index contributed by atoms with van der Waals surface area (Å²) in [4.78, 5) is 11.8. The molecule has 0 saturated carbocycles. The summed E-state index contributed by atoms with van der Waals surface area (Å²) in [5.74, 6) is 0.641. The van der Waals surface area contributed by atoms with E-state index >= 15 is 0 Å². The van der Waals surface area contributed by atoms with Crippen molar-refractivity contribution in [2.75, 3.05) is 17.7 Å². The van der Waals surface area contributed by atoms with E-state index in [1.54, 1.807) is 12.1 Å². The topological polar surface area (TPSA) is 64.3 Å². The van der Waals surface area contributed by atoms with Gasteiger partial charge in [0.05, 0.1) is 24.4 Å². The van der Waals surface area contributed by atoms with Crippen molar-refractivity contribution in [2.24, 2.45) is 0 Å². The van der Waals surface area contributed by atoms with E-state index in [4.69, 9.17) is 10.5 Å². The Morgan fingerprint density at radius 3 is 2.81 bits per heavy atom. The molecule has 0 heterocycles. The molecule has 0 unspecified atom stereocenters. The molecule has 4 nitrogen and oxygen atoms in total. The molecule has 3 N–H and O–H groups in total. The normalized spacial score (nSPS) is 10.2. The van der Waals surface area contributed by atoms with Gasteiger partial charge in [-0.15, -0.1) is 0 Å². The number of aryl methyl sites for hydroxylation is 1. The number of nitrogens with one attached hydrogen (secondary N) is 1. The van der Waals surface area contributed by atoms with Crippen LogP contribution in [0.1, 0.15) is 12.0 Å². The Hall–Kier alpha value is -2.01. The fourth-order valence-corrected chi connectivity index (χ4v) is 2.21. The van der Waals surface area contributed by atoms with E-state index in [1.165, 1.54) is 0 Å². The van der Waals surface area contributed by atoms with Gasteiger partial charge in [0.2, 0.25) is 5.91 Å². The summed E-state index contributed by atoms with van der Waals surface area (Å²) in [6.45, 7) is 2.32. The Balaban J connectivity index is 1.82. The van der Waals surface area contributed by atoms with Crippen LogP contribution < -0.4 is 15.8 Å². The molecule has 0 atom stereocenters. The smallest absolute Gasteiger partial charge is 0.227 e. The van der Waals surface area contributed by atoms with Gasteiger partial charge in [-0.2, -0.15) is 0 Å². The summed E-state index contributed by atoms with van der Waals surface area (Å²) in [5, 5.41) is 2.77. The molecule has 0 bridgehead atoms. The second-order valence-electron chi connectivity index (χ2n) is 4.69. The van der Waals surface area contributed by atoms with Crippen molar-refractivity contribution >= 4 is 33.2 Å². The van der Waals surface area contributed by atoms with E-state index in [1.807, 2.05) is 37.3 Å². The first-order valence-corrected chi connectivity index (χ1v) is 7.38. The van der Waals surface area contributed by atoms with Crippen LogP contribution in [0.5, 0.6) is 5.75 Å². The summed E-state index contributed by atoms with van der Waals surface area (Å²) in [6.07, 6.45) is 0.267. The van der Waals surface area contributed by atoms with Crippen LogP contribution in [-0.4, -0.2) is 12.5 Å². The monoisotopic (exact) mass is 348 g/mol. The molecule has 0 fully saturated rings. The molecule has 0 radical (unpaired) electrons. The van der Waals surface area contributed by atoms with Gasteiger partial charge in [-0.05, 0) is 42.8 Å². The maximum atomic E-state index is 11.8. The molecule has 2 aromatic rings. The number of nitrogen functional groups attached to an aromatic ring is 1. The number of ether oxygens (including phenoxy) is 1. The lowest BCUT2D eigenvalue weighted by Gasteiger charge is -2.09. The van der Waals surface area contributed by atoms with Crippen LogP contribution in [0.25, 0.3) is 0 Å². The molecule has 0 aliphatic rings. The SMILES string of the molecule is Cc1cccc(OCCC(=O)Nc2ccc(Br)cc2N)c1. The van der Waals surface area contributed by atoms with Gasteiger partial charge in [-0.1, -0.05) is 28.1 Å². The van der Waals surface area contributed by atoms with E-state index in [9.17, 15) is 4.79 Å². The van der Waals surface area contributed by atoms with Gasteiger partial charge in [0, 0.05) is 4.47 Å². The van der Waals surface area contributed by atoms with Crippen LogP contribution in [0.15, 0.2) is 46.9 Å². The van der Waals surface area contributed by atoms with Gasteiger partial charge in [0.15, 0.2) is 0 Å². The fourth-order valence-electron chi connectivity index (χ4n) is 1.83. The Labute approximate surface area is 132 Å². The number of amides is 1. The molecule has 0 aromatic heterocycles. The molecule has 0 aliphatic carbocycles. The molecule has 0 aliphatic heterocycles. The van der Waals surface area contributed by atoms with Crippen LogP contribution in [-0.2, 0) is 4.79 Å². The van der Waals surface area contributed by atoms with Crippen molar-refractivity contribution in [3.63, 3.8) is 0 Å². The van der Waals surface area contributed by atoms with Gasteiger partial charge in [-0.25, -0.2) is 0 Å². The van der Waals surface area contributed by atoms with Crippen molar-refractivity contribution in [3.8, 4) is 5.75 Å². The van der Waals surface area contributed by atoms with E-state index < -0.39 is 0 Å². The second kappa shape index (κ2) is 7.13. The molecule has 0 saturated heterocycles. The van der Waals surface area contributed by atoms with Crippen LogP contribution >= 0.6 is 15.9 Å². The number of rotatable bonds is 5. The minimum atomic E-state index is -0.128. The number of hydrogen-bond acceptors (Lipinski definition) is 3. The first-order chi connectivity index (χ1) is 10.0. The summed E-state index contributed by atoms with van der Waals surface area (Å²) in [7, 11) is 0. The average molecular weight is 349 g/mol. The number of benzene rings is 2. The molecule has 5 heteroatoms. The molecule has 110 valence electrons. The highest BCUT2D eigenvalue weighted by molar-refractivity contribution is 9.10. The average Bonchev–Trinajstić information content (AvgIpc) is 2.42. The van der Waals surface area contributed by atoms with Crippen molar-refractivity contribution in [3.05, 3.63) is 52.5 Å². The zero-order valence-electron chi connectivity index (χ0n) is 11.7. The predicted octanol–water partition coefficient (Wildman–Crippen LogP) is 3.75. The maximum absolute atomic E-state index is 11.8. The van der Waals surface area contributed by atoms with Crippen LogP contribution in [0, 0.1) is 6.92 Å². The zero-order valence-corrected chi connectivity index (χ0v) is 13.3. The van der Waals surface area contributed by atoms with E-state index in [0.29, 0.717) is 18.0 Å². The van der Waals surface area contributed by atoms with Gasteiger partial charge in [-0.3, -0.25) is 4.79 Å². The Bertz CT molecular complexity index is 644. The minimum absolute atomic E-state index is 0.128. The maximum Gasteiger partial charge on any atom is 0.227 e. The lowest BCUT2D eigenvalue weighted by atomic mass is 10.2. The molecule has 0 spiro atoms. The molecule has 2 rings (SSSR count). The fraction of sp³-hybridized carbons (Fsp3) is 0.188. The van der Waals surface area contributed by atoms with Crippen molar-refractivity contribution in [2.45, 2.75) is 13.3 Å². The summed E-state index contributed by atoms with van der Waals surface area (Å²) in [6, 6.07) is 13.1.